The van der Waals surface area contributed by atoms with E-state index in [-0.39, 0.29) is 17.9 Å². The molecule has 0 aliphatic carbocycles. The molecule has 2 rings (SSSR count). The Morgan fingerprint density at radius 1 is 1.17 bits per heavy atom. The van der Waals surface area contributed by atoms with E-state index in [0.717, 1.165) is 11.3 Å². The topological polar surface area (TPSA) is 68.5 Å². The standard InChI is InChI=1S/C18H19NO4/c1-12-4-10-16(23-12)13(2)19-17(20)11-7-14-5-8-15(9-6-14)18(21)22-3/h4-11,13H,1-3H3,(H,19,20)/b11-7+. The van der Waals surface area contributed by atoms with Gasteiger partial charge in [0.15, 0.2) is 0 Å². The first kappa shape index (κ1) is 16.5. The summed E-state index contributed by atoms with van der Waals surface area (Å²) in [6, 6.07) is 10.3. The van der Waals surface area contributed by atoms with Crippen LogP contribution in [0.5, 0.6) is 0 Å². The summed E-state index contributed by atoms with van der Waals surface area (Å²) >= 11 is 0. The summed E-state index contributed by atoms with van der Waals surface area (Å²) in [6.07, 6.45) is 3.12. The van der Waals surface area contributed by atoms with Crippen LogP contribution in [0.25, 0.3) is 6.08 Å². The molecular formula is C18H19NO4. The maximum atomic E-state index is 11.9. The molecule has 0 spiro atoms. The van der Waals surface area contributed by atoms with Gasteiger partial charge in [-0.3, -0.25) is 4.79 Å². The number of ether oxygens (including phenoxy) is 1. The van der Waals surface area contributed by atoms with Gasteiger partial charge >= 0.3 is 5.97 Å². The van der Waals surface area contributed by atoms with E-state index in [0.29, 0.717) is 11.3 Å². The number of rotatable bonds is 5. The van der Waals surface area contributed by atoms with Crippen LogP contribution in [-0.2, 0) is 9.53 Å². The van der Waals surface area contributed by atoms with Gasteiger partial charge in [0.05, 0.1) is 18.7 Å². The Balaban J connectivity index is 1.94. The summed E-state index contributed by atoms with van der Waals surface area (Å²) < 4.78 is 10.1. The van der Waals surface area contributed by atoms with Crippen molar-refractivity contribution < 1.29 is 18.7 Å². The van der Waals surface area contributed by atoms with Gasteiger partial charge in [-0.15, -0.1) is 0 Å². The van der Waals surface area contributed by atoms with Crippen molar-refractivity contribution in [1.29, 1.82) is 0 Å². The van der Waals surface area contributed by atoms with Crippen molar-refractivity contribution in [3.63, 3.8) is 0 Å². The summed E-state index contributed by atoms with van der Waals surface area (Å²) in [5.41, 5.74) is 1.28. The Hall–Kier alpha value is -2.82. The highest BCUT2D eigenvalue weighted by Crippen LogP contribution is 2.15. The normalized spacial score (nSPS) is 12.1. The van der Waals surface area contributed by atoms with Gasteiger partial charge in [0.1, 0.15) is 11.5 Å². The molecule has 1 amide bonds. The number of benzene rings is 1. The van der Waals surface area contributed by atoms with Gasteiger partial charge in [-0.1, -0.05) is 12.1 Å². The predicted octanol–water partition coefficient (Wildman–Crippen LogP) is 3.27. The number of furan rings is 1. The number of nitrogens with one attached hydrogen (secondary N) is 1. The number of carbonyl (C=O) groups excluding carboxylic acids is 2. The highest BCUT2D eigenvalue weighted by molar-refractivity contribution is 5.92. The molecule has 5 nitrogen and oxygen atoms in total. The van der Waals surface area contributed by atoms with E-state index in [1.807, 2.05) is 26.0 Å². The minimum atomic E-state index is -0.388. The van der Waals surface area contributed by atoms with Crippen LogP contribution in [0, 0.1) is 6.92 Å². The zero-order chi connectivity index (χ0) is 16.8. The Morgan fingerprint density at radius 3 is 2.43 bits per heavy atom. The van der Waals surface area contributed by atoms with Crippen molar-refractivity contribution in [2.24, 2.45) is 0 Å². The molecule has 23 heavy (non-hydrogen) atoms. The molecule has 1 aromatic heterocycles. The molecule has 1 aromatic carbocycles. The molecule has 2 aromatic rings. The van der Waals surface area contributed by atoms with E-state index in [1.54, 1.807) is 30.3 Å². The van der Waals surface area contributed by atoms with E-state index in [4.69, 9.17) is 4.42 Å². The summed E-state index contributed by atoms with van der Waals surface area (Å²) in [4.78, 5) is 23.3. The zero-order valence-electron chi connectivity index (χ0n) is 13.3. The molecule has 0 saturated carbocycles. The molecule has 0 fully saturated rings. The number of methoxy groups -OCH3 is 1. The average Bonchev–Trinajstić information content (AvgIpc) is 2.99. The first-order valence-electron chi connectivity index (χ1n) is 7.23. The monoisotopic (exact) mass is 313 g/mol. The molecule has 1 atom stereocenters. The molecule has 1 unspecified atom stereocenters. The first-order valence-corrected chi connectivity index (χ1v) is 7.23. The molecular weight excluding hydrogens is 294 g/mol. The second-order valence-corrected chi connectivity index (χ2v) is 5.13. The SMILES string of the molecule is COC(=O)c1ccc(/C=C/C(=O)NC(C)c2ccc(C)o2)cc1. The Kier molecular flexibility index (Phi) is 5.36. The van der Waals surface area contributed by atoms with E-state index < -0.39 is 0 Å². The summed E-state index contributed by atoms with van der Waals surface area (Å²) in [6.45, 7) is 3.71. The van der Waals surface area contributed by atoms with E-state index >= 15 is 0 Å². The van der Waals surface area contributed by atoms with Crippen molar-refractivity contribution in [3.05, 3.63) is 65.1 Å². The second kappa shape index (κ2) is 7.45. The van der Waals surface area contributed by atoms with Gasteiger partial charge in [-0.05, 0) is 49.8 Å². The van der Waals surface area contributed by atoms with Crippen LogP contribution in [0.3, 0.4) is 0 Å². The lowest BCUT2D eigenvalue weighted by atomic mass is 10.1. The molecule has 0 aliphatic heterocycles. The molecule has 1 heterocycles. The minimum absolute atomic E-state index is 0.206. The highest BCUT2D eigenvalue weighted by Gasteiger charge is 2.10. The molecule has 0 radical (unpaired) electrons. The minimum Gasteiger partial charge on any atom is -0.465 e. The van der Waals surface area contributed by atoms with Gasteiger partial charge < -0.3 is 14.5 Å². The number of carbonyl (C=O) groups is 2. The summed E-state index contributed by atoms with van der Waals surface area (Å²) in [5.74, 6) is 0.915. The third-order valence-electron chi connectivity index (χ3n) is 3.31. The maximum absolute atomic E-state index is 11.9. The van der Waals surface area contributed by atoms with Crippen molar-refractivity contribution in [2.45, 2.75) is 19.9 Å². The zero-order valence-corrected chi connectivity index (χ0v) is 13.3. The van der Waals surface area contributed by atoms with Crippen LogP contribution in [0.2, 0.25) is 0 Å². The van der Waals surface area contributed by atoms with Crippen molar-refractivity contribution in [3.8, 4) is 0 Å². The fraction of sp³-hybridized carbons (Fsp3) is 0.222. The molecule has 1 N–H and O–H groups in total. The van der Waals surface area contributed by atoms with Crippen molar-refractivity contribution >= 4 is 18.0 Å². The maximum Gasteiger partial charge on any atom is 0.337 e. The molecule has 0 bridgehead atoms. The lowest BCUT2D eigenvalue weighted by Crippen LogP contribution is -2.24. The largest absolute Gasteiger partial charge is 0.465 e. The lowest BCUT2D eigenvalue weighted by molar-refractivity contribution is -0.117. The molecule has 5 heteroatoms. The van der Waals surface area contributed by atoms with E-state index in [1.165, 1.54) is 13.2 Å². The van der Waals surface area contributed by atoms with Crippen LogP contribution in [0.1, 0.15) is 40.4 Å². The second-order valence-electron chi connectivity index (χ2n) is 5.13. The molecule has 0 aliphatic rings. The van der Waals surface area contributed by atoms with Crippen LogP contribution in [0.15, 0.2) is 46.9 Å². The fourth-order valence-corrected chi connectivity index (χ4v) is 2.04. The third kappa shape index (κ3) is 4.57. The van der Waals surface area contributed by atoms with Crippen LogP contribution in [-0.4, -0.2) is 19.0 Å². The first-order chi connectivity index (χ1) is 11.0. The Morgan fingerprint density at radius 2 is 1.87 bits per heavy atom. The van der Waals surface area contributed by atoms with Gasteiger partial charge in [-0.25, -0.2) is 4.79 Å². The van der Waals surface area contributed by atoms with Gasteiger partial charge in [0.25, 0.3) is 0 Å². The van der Waals surface area contributed by atoms with Crippen LogP contribution < -0.4 is 5.32 Å². The number of amides is 1. The fourth-order valence-electron chi connectivity index (χ4n) is 2.04. The molecule has 120 valence electrons. The van der Waals surface area contributed by atoms with Gasteiger partial charge in [0, 0.05) is 6.08 Å². The predicted molar refractivity (Wildman–Crippen MR) is 86.8 cm³/mol. The quantitative estimate of drug-likeness (QED) is 0.679. The number of hydrogen-bond donors (Lipinski definition) is 1. The van der Waals surface area contributed by atoms with Crippen molar-refractivity contribution in [1.82, 2.24) is 5.32 Å². The number of aryl methyl sites for hydroxylation is 1. The van der Waals surface area contributed by atoms with E-state index in [9.17, 15) is 9.59 Å². The number of hydrogen-bond acceptors (Lipinski definition) is 4. The smallest absolute Gasteiger partial charge is 0.337 e. The Bertz CT molecular complexity index is 713. The van der Waals surface area contributed by atoms with E-state index in [2.05, 4.69) is 10.1 Å². The summed E-state index contributed by atoms with van der Waals surface area (Å²) in [7, 11) is 1.34. The van der Waals surface area contributed by atoms with Gasteiger partial charge in [0.2, 0.25) is 5.91 Å². The number of esters is 1. The van der Waals surface area contributed by atoms with Crippen molar-refractivity contribution in [2.75, 3.05) is 7.11 Å². The van der Waals surface area contributed by atoms with Crippen LogP contribution in [0.4, 0.5) is 0 Å². The summed E-state index contributed by atoms with van der Waals surface area (Å²) in [5, 5.41) is 2.82. The lowest BCUT2D eigenvalue weighted by Gasteiger charge is -2.09. The van der Waals surface area contributed by atoms with Gasteiger partial charge in [-0.2, -0.15) is 0 Å². The molecule has 0 saturated heterocycles. The average molecular weight is 313 g/mol. The van der Waals surface area contributed by atoms with Crippen LogP contribution >= 0.6 is 0 Å². The highest BCUT2D eigenvalue weighted by atomic mass is 16.5. The third-order valence-corrected chi connectivity index (χ3v) is 3.31. The Labute approximate surface area is 134 Å².